The second kappa shape index (κ2) is 11.0. The molecule has 0 aliphatic carbocycles. The molecule has 1 aliphatic heterocycles. The number of hydrogen-bond donors (Lipinski definition) is 1. The Kier molecular flexibility index (Phi) is 7.24. The second-order valence-corrected chi connectivity index (χ2v) is 11.7. The Morgan fingerprint density at radius 1 is 1.07 bits per heavy atom. The largest absolute Gasteiger partial charge is 0.505 e. The van der Waals surface area contributed by atoms with Gasteiger partial charge in [-0.25, -0.2) is 4.98 Å². The summed E-state index contributed by atoms with van der Waals surface area (Å²) in [6, 6.07) is 19.0. The Morgan fingerprint density at radius 2 is 1.83 bits per heavy atom. The maximum absolute atomic E-state index is 13.6. The highest BCUT2D eigenvalue weighted by atomic mass is 35.5. The number of benzene rings is 2. The molecule has 0 saturated carbocycles. The standard InChI is InChI=1S/C29H22ClN5O4S2/c1-16-23(34-14-6-5-9-21(34)31-16)25(36)22-24(17-10-12-19(39-2)13-11-17)35(27(38)26(22)37)28-32-33-29(41-28)40-15-18-7-3-4-8-20(18)30/h3-14,24,36H,15H2,1-2H3/b25-22+. The molecule has 1 saturated heterocycles. The Morgan fingerprint density at radius 3 is 2.59 bits per heavy atom. The third-order valence-electron chi connectivity index (χ3n) is 6.72. The van der Waals surface area contributed by atoms with Gasteiger partial charge in [0.2, 0.25) is 5.13 Å². The number of carbonyl (C=O) groups is 2. The molecule has 1 N–H and O–H groups in total. The summed E-state index contributed by atoms with van der Waals surface area (Å²) in [5, 5.41) is 21.1. The maximum Gasteiger partial charge on any atom is 0.301 e. The summed E-state index contributed by atoms with van der Waals surface area (Å²) in [5.74, 6) is -0.785. The summed E-state index contributed by atoms with van der Waals surface area (Å²) in [7, 11) is 1.55. The number of aliphatic hydroxyl groups excluding tert-OH is 1. The van der Waals surface area contributed by atoms with E-state index in [0.717, 1.165) is 5.56 Å². The molecule has 9 nitrogen and oxygen atoms in total. The molecule has 1 fully saturated rings. The molecule has 41 heavy (non-hydrogen) atoms. The van der Waals surface area contributed by atoms with Crippen LogP contribution in [0.3, 0.4) is 0 Å². The number of ether oxygens (including phenoxy) is 1. The van der Waals surface area contributed by atoms with E-state index < -0.39 is 17.7 Å². The van der Waals surface area contributed by atoms with Gasteiger partial charge in [0.1, 0.15) is 17.1 Å². The van der Waals surface area contributed by atoms with E-state index in [0.29, 0.717) is 43.5 Å². The molecule has 206 valence electrons. The smallest absolute Gasteiger partial charge is 0.301 e. The van der Waals surface area contributed by atoms with Gasteiger partial charge in [-0.15, -0.1) is 10.2 Å². The third-order valence-corrected chi connectivity index (χ3v) is 9.19. The molecule has 1 unspecified atom stereocenters. The van der Waals surface area contributed by atoms with Gasteiger partial charge >= 0.3 is 5.91 Å². The molecule has 1 aliphatic rings. The van der Waals surface area contributed by atoms with Gasteiger partial charge in [-0.1, -0.05) is 71.1 Å². The Hall–Kier alpha value is -4.19. The zero-order chi connectivity index (χ0) is 28.7. The van der Waals surface area contributed by atoms with Crippen LogP contribution in [-0.2, 0) is 15.3 Å². The van der Waals surface area contributed by atoms with Gasteiger partial charge in [0.15, 0.2) is 10.1 Å². The van der Waals surface area contributed by atoms with Gasteiger partial charge in [-0.3, -0.25) is 18.9 Å². The molecule has 12 heteroatoms. The number of anilines is 1. The monoisotopic (exact) mass is 603 g/mol. The first kappa shape index (κ1) is 27.0. The summed E-state index contributed by atoms with van der Waals surface area (Å²) >= 11 is 8.91. The van der Waals surface area contributed by atoms with Gasteiger partial charge in [-0.05, 0) is 48.4 Å². The number of Topliss-reactive ketones (excluding diaryl/α,β-unsaturated/α-hetero) is 1. The topological polar surface area (TPSA) is 110 Å². The van der Waals surface area contributed by atoms with Crippen LogP contribution in [-0.4, -0.2) is 43.5 Å². The van der Waals surface area contributed by atoms with Crippen molar-refractivity contribution >= 4 is 62.9 Å². The van der Waals surface area contributed by atoms with E-state index in [2.05, 4.69) is 15.2 Å². The Labute approximate surface area is 248 Å². The van der Waals surface area contributed by atoms with Crippen molar-refractivity contribution in [3.63, 3.8) is 0 Å². The van der Waals surface area contributed by atoms with Crippen molar-refractivity contribution in [2.45, 2.75) is 23.1 Å². The number of amides is 1. The predicted molar refractivity (Wildman–Crippen MR) is 159 cm³/mol. The van der Waals surface area contributed by atoms with Crippen LogP contribution in [0.2, 0.25) is 5.02 Å². The van der Waals surface area contributed by atoms with Crippen LogP contribution in [0.5, 0.6) is 5.75 Å². The molecule has 3 aromatic heterocycles. The van der Waals surface area contributed by atoms with Crippen LogP contribution in [0.1, 0.15) is 28.6 Å². The van der Waals surface area contributed by atoms with E-state index in [9.17, 15) is 14.7 Å². The van der Waals surface area contributed by atoms with E-state index in [1.54, 1.807) is 61.0 Å². The van der Waals surface area contributed by atoms with Crippen molar-refractivity contribution in [2.24, 2.45) is 0 Å². The third kappa shape index (κ3) is 4.86. The molecule has 1 amide bonds. The lowest BCUT2D eigenvalue weighted by molar-refractivity contribution is -0.132. The van der Waals surface area contributed by atoms with Gasteiger partial charge < -0.3 is 9.84 Å². The zero-order valence-electron chi connectivity index (χ0n) is 21.8. The van der Waals surface area contributed by atoms with Gasteiger partial charge in [-0.2, -0.15) is 0 Å². The quantitative estimate of drug-likeness (QED) is 0.0784. The molecule has 0 spiro atoms. The van der Waals surface area contributed by atoms with Crippen LogP contribution < -0.4 is 9.64 Å². The van der Waals surface area contributed by atoms with Gasteiger partial charge in [0, 0.05) is 17.0 Å². The summed E-state index contributed by atoms with van der Waals surface area (Å²) in [4.78, 5) is 33.0. The lowest BCUT2D eigenvalue weighted by Crippen LogP contribution is -2.29. The number of halogens is 1. The molecular formula is C29H22ClN5O4S2. The number of rotatable bonds is 7. The highest BCUT2D eigenvalue weighted by Crippen LogP contribution is 2.44. The van der Waals surface area contributed by atoms with Crippen molar-refractivity contribution in [1.82, 2.24) is 19.6 Å². The number of carbonyl (C=O) groups excluding carboxylic acids is 2. The first-order valence-electron chi connectivity index (χ1n) is 12.5. The van der Waals surface area contributed by atoms with E-state index in [1.807, 2.05) is 30.3 Å². The minimum absolute atomic E-state index is 0.0607. The van der Waals surface area contributed by atoms with E-state index in [1.165, 1.54) is 28.0 Å². The molecule has 1 atom stereocenters. The van der Waals surface area contributed by atoms with E-state index >= 15 is 0 Å². The number of aryl methyl sites for hydroxylation is 1. The van der Waals surface area contributed by atoms with Crippen molar-refractivity contribution in [3.8, 4) is 5.75 Å². The predicted octanol–water partition coefficient (Wildman–Crippen LogP) is 6.07. The zero-order valence-corrected chi connectivity index (χ0v) is 24.2. The SMILES string of the molecule is COc1ccc(C2/C(=C(\O)c3c(C)nc4ccccn34)C(=O)C(=O)N2c2nnc(SCc3ccccc3Cl)s2)cc1. The van der Waals surface area contributed by atoms with Crippen LogP contribution in [0.25, 0.3) is 11.4 Å². The number of hydrogen-bond acceptors (Lipinski definition) is 9. The number of aliphatic hydroxyl groups is 1. The Balaban J connectivity index is 1.44. The van der Waals surface area contributed by atoms with Gasteiger partial charge in [0.25, 0.3) is 5.78 Å². The minimum atomic E-state index is -0.955. The van der Waals surface area contributed by atoms with Crippen molar-refractivity contribution < 1.29 is 19.4 Å². The number of ketones is 1. The fraction of sp³-hybridized carbons (Fsp3) is 0.138. The lowest BCUT2D eigenvalue weighted by atomic mass is 9.96. The second-order valence-electron chi connectivity index (χ2n) is 9.15. The molecule has 5 aromatic rings. The molecule has 6 rings (SSSR count). The number of imidazole rings is 1. The minimum Gasteiger partial charge on any atom is -0.505 e. The maximum atomic E-state index is 13.6. The molecule has 0 bridgehead atoms. The molecular weight excluding hydrogens is 582 g/mol. The van der Waals surface area contributed by atoms with E-state index in [-0.39, 0.29) is 16.5 Å². The molecule has 4 heterocycles. The molecule has 0 radical (unpaired) electrons. The first-order valence-corrected chi connectivity index (χ1v) is 14.6. The lowest BCUT2D eigenvalue weighted by Gasteiger charge is -2.22. The normalized spacial score (nSPS) is 16.6. The van der Waals surface area contributed by atoms with E-state index in [4.69, 9.17) is 16.3 Å². The number of fused-ring (bicyclic) bond motifs is 1. The number of nitrogens with zero attached hydrogens (tertiary/aromatic N) is 5. The number of thioether (sulfide) groups is 1. The van der Waals surface area contributed by atoms with Crippen LogP contribution in [0.4, 0.5) is 5.13 Å². The van der Waals surface area contributed by atoms with Crippen molar-refractivity contribution in [2.75, 3.05) is 12.0 Å². The first-order chi connectivity index (χ1) is 19.9. The van der Waals surface area contributed by atoms with Gasteiger partial charge in [0.05, 0.1) is 24.4 Å². The van der Waals surface area contributed by atoms with Crippen LogP contribution in [0.15, 0.2) is 82.8 Å². The fourth-order valence-electron chi connectivity index (χ4n) is 4.77. The van der Waals surface area contributed by atoms with Crippen molar-refractivity contribution in [1.29, 1.82) is 0 Å². The average molecular weight is 604 g/mol. The number of aromatic nitrogens is 4. The summed E-state index contributed by atoms with van der Waals surface area (Å²) in [6.45, 7) is 1.74. The summed E-state index contributed by atoms with van der Waals surface area (Å²) in [5.41, 5.74) is 2.94. The number of pyridine rings is 1. The fourth-order valence-corrected chi connectivity index (χ4v) is 6.92. The van der Waals surface area contributed by atoms with Crippen LogP contribution in [0, 0.1) is 6.92 Å². The average Bonchev–Trinajstić information content (AvgIpc) is 3.66. The summed E-state index contributed by atoms with van der Waals surface area (Å²) in [6.07, 6.45) is 1.75. The van der Waals surface area contributed by atoms with Crippen LogP contribution >= 0.6 is 34.7 Å². The number of methoxy groups -OCH3 is 1. The highest BCUT2D eigenvalue weighted by Gasteiger charge is 2.48. The molecule has 2 aromatic carbocycles. The summed E-state index contributed by atoms with van der Waals surface area (Å²) < 4.78 is 7.60. The van der Waals surface area contributed by atoms with Crippen molar-refractivity contribution in [3.05, 3.63) is 106 Å². The Bertz CT molecular complexity index is 1830. The highest BCUT2D eigenvalue weighted by molar-refractivity contribution is 8.00.